The van der Waals surface area contributed by atoms with Gasteiger partial charge in [0, 0.05) is 43.4 Å². The first-order chi connectivity index (χ1) is 13.6. The van der Waals surface area contributed by atoms with Gasteiger partial charge in [0.15, 0.2) is 0 Å². The summed E-state index contributed by atoms with van der Waals surface area (Å²) >= 11 is 0. The highest BCUT2D eigenvalue weighted by Crippen LogP contribution is 2.25. The van der Waals surface area contributed by atoms with Gasteiger partial charge in [0.05, 0.1) is 16.8 Å². The Kier molecular flexibility index (Phi) is 4.89. The van der Waals surface area contributed by atoms with E-state index in [1.165, 1.54) is 5.56 Å². The van der Waals surface area contributed by atoms with Gasteiger partial charge in [-0.1, -0.05) is 48.0 Å². The van der Waals surface area contributed by atoms with Crippen LogP contribution in [0.4, 0.5) is 0 Å². The quantitative estimate of drug-likeness (QED) is 0.579. The number of para-hydroxylation sites is 1. The van der Waals surface area contributed by atoms with E-state index in [0.717, 1.165) is 28.0 Å². The Morgan fingerprint density at radius 3 is 2.64 bits per heavy atom. The van der Waals surface area contributed by atoms with E-state index in [-0.39, 0.29) is 5.91 Å². The van der Waals surface area contributed by atoms with Crippen molar-refractivity contribution in [3.63, 3.8) is 0 Å². The fourth-order valence-corrected chi connectivity index (χ4v) is 3.26. The van der Waals surface area contributed by atoms with E-state index < -0.39 is 0 Å². The first-order valence-corrected chi connectivity index (χ1v) is 9.33. The van der Waals surface area contributed by atoms with Crippen molar-refractivity contribution in [3.05, 3.63) is 83.9 Å². The third kappa shape index (κ3) is 3.64. The number of hydrogen-bond donors (Lipinski definition) is 1. The molecule has 4 aromatic rings. The zero-order valence-electron chi connectivity index (χ0n) is 16.0. The SMILES string of the molecule is Cc1ccc(-c2cc(C(=O)NCCc3nccn3C)c3ccccc3n2)cc1. The average Bonchev–Trinajstić information content (AvgIpc) is 3.12. The summed E-state index contributed by atoms with van der Waals surface area (Å²) < 4.78 is 1.96. The van der Waals surface area contributed by atoms with E-state index in [1.807, 2.05) is 60.3 Å². The number of fused-ring (bicyclic) bond motifs is 1. The minimum absolute atomic E-state index is 0.0961. The van der Waals surface area contributed by atoms with Gasteiger partial charge in [-0.3, -0.25) is 4.79 Å². The Morgan fingerprint density at radius 1 is 1.11 bits per heavy atom. The Morgan fingerprint density at radius 2 is 1.89 bits per heavy atom. The van der Waals surface area contributed by atoms with Gasteiger partial charge in [-0.15, -0.1) is 0 Å². The third-order valence-corrected chi connectivity index (χ3v) is 4.86. The number of aryl methyl sites for hydroxylation is 2. The Bertz CT molecular complexity index is 1130. The van der Waals surface area contributed by atoms with Gasteiger partial charge in [-0.2, -0.15) is 0 Å². The van der Waals surface area contributed by atoms with Crippen LogP contribution in [0.1, 0.15) is 21.7 Å². The first kappa shape index (κ1) is 17.9. The van der Waals surface area contributed by atoms with Gasteiger partial charge in [0.25, 0.3) is 5.91 Å². The largest absolute Gasteiger partial charge is 0.352 e. The molecule has 0 radical (unpaired) electrons. The number of carbonyl (C=O) groups excluding carboxylic acids is 1. The number of rotatable bonds is 5. The van der Waals surface area contributed by atoms with Crippen molar-refractivity contribution in [2.75, 3.05) is 6.54 Å². The number of pyridine rings is 1. The molecule has 2 heterocycles. The van der Waals surface area contributed by atoms with Crippen LogP contribution in [0.15, 0.2) is 67.0 Å². The van der Waals surface area contributed by atoms with E-state index in [2.05, 4.69) is 29.4 Å². The van der Waals surface area contributed by atoms with Crippen LogP contribution >= 0.6 is 0 Å². The molecule has 0 unspecified atom stereocenters. The molecule has 0 bridgehead atoms. The molecule has 2 aromatic carbocycles. The number of nitrogens with zero attached hydrogens (tertiary/aromatic N) is 3. The number of aromatic nitrogens is 3. The molecule has 0 atom stereocenters. The van der Waals surface area contributed by atoms with Crippen LogP contribution in [0.25, 0.3) is 22.2 Å². The summed E-state index contributed by atoms with van der Waals surface area (Å²) in [6.07, 6.45) is 4.35. The molecule has 0 aliphatic carbocycles. The van der Waals surface area contributed by atoms with Gasteiger partial charge >= 0.3 is 0 Å². The van der Waals surface area contributed by atoms with Gasteiger partial charge in [0.2, 0.25) is 0 Å². The van der Waals surface area contributed by atoms with Gasteiger partial charge < -0.3 is 9.88 Å². The topological polar surface area (TPSA) is 59.8 Å². The summed E-state index contributed by atoms with van der Waals surface area (Å²) in [6.45, 7) is 2.58. The molecule has 2 aromatic heterocycles. The average molecular weight is 370 g/mol. The minimum atomic E-state index is -0.0961. The van der Waals surface area contributed by atoms with E-state index in [4.69, 9.17) is 4.98 Å². The normalized spacial score (nSPS) is 10.9. The van der Waals surface area contributed by atoms with Crippen molar-refractivity contribution in [2.24, 2.45) is 7.05 Å². The van der Waals surface area contributed by atoms with Crippen LogP contribution in [0.3, 0.4) is 0 Å². The predicted molar refractivity (Wildman–Crippen MR) is 111 cm³/mol. The van der Waals surface area contributed by atoms with Crippen molar-refractivity contribution in [1.29, 1.82) is 0 Å². The Hall–Kier alpha value is -3.47. The second-order valence-corrected chi connectivity index (χ2v) is 6.90. The molecule has 5 nitrogen and oxygen atoms in total. The third-order valence-electron chi connectivity index (χ3n) is 4.86. The van der Waals surface area contributed by atoms with Crippen LogP contribution in [-0.2, 0) is 13.5 Å². The fraction of sp³-hybridized carbons (Fsp3) is 0.174. The standard InChI is InChI=1S/C23H22N4O/c1-16-7-9-17(10-8-16)21-15-19(18-5-3-4-6-20(18)26-21)23(28)25-12-11-22-24-13-14-27(22)2/h3-10,13-15H,11-12H2,1-2H3,(H,25,28). The number of hydrogen-bond acceptors (Lipinski definition) is 3. The smallest absolute Gasteiger partial charge is 0.252 e. The van der Waals surface area contributed by atoms with Crippen LogP contribution in [-0.4, -0.2) is 27.0 Å². The molecule has 1 N–H and O–H groups in total. The maximum Gasteiger partial charge on any atom is 0.252 e. The van der Waals surface area contributed by atoms with Crippen LogP contribution in [0, 0.1) is 6.92 Å². The molecule has 140 valence electrons. The lowest BCUT2D eigenvalue weighted by molar-refractivity contribution is 0.0955. The molecule has 0 aliphatic heterocycles. The number of amides is 1. The fourth-order valence-electron chi connectivity index (χ4n) is 3.26. The molecule has 5 heteroatoms. The van der Waals surface area contributed by atoms with Crippen molar-refractivity contribution < 1.29 is 4.79 Å². The van der Waals surface area contributed by atoms with E-state index in [1.54, 1.807) is 6.20 Å². The Labute approximate surface area is 164 Å². The molecule has 28 heavy (non-hydrogen) atoms. The number of carbonyl (C=O) groups is 1. The molecular weight excluding hydrogens is 348 g/mol. The highest BCUT2D eigenvalue weighted by molar-refractivity contribution is 6.07. The van der Waals surface area contributed by atoms with Gasteiger partial charge in [-0.25, -0.2) is 9.97 Å². The summed E-state index contributed by atoms with van der Waals surface area (Å²) in [5, 5.41) is 3.88. The van der Waals surface area contributed by atoms with Crippen molar-refractivity contribution in [1.82, 2.24) is 19.9 Å². The van der Waals surface area contributed by atoms with Gasteiger partial charge in [-0.05, 0) is 19.1 Å². The highest BCUT2D eigenvalue weighted by Gasteiger charge is 2.14. The molecule has 4 rings (SSSR count). The zero-order valence-corrected chi connectivity index (χ0v) is 16.0. The second-order valence-electron chi connectivity index (χ2n) is 6.90. The van der Waals surface area contributed by atoms with Crippen molar-refractivity contribution in [3.8, 4) is 11.3 Å². The summed E-state index contributed by atoms with van der Waals surface area (Å²) in [4.78, 5) is 22.0. The summed E-state index contributed by atoms with van der Waals surface area (Å²) in [5.74, 6) is 0.849. The molecule has 0 saturated carbocycles. The van der Waals surface area contributed by atoms with E-state index in [0.29, 0.717) is 18.5 Å². The zero-order chi connectivity index (χ0) is 19.5. The lowest BCUT2D eigenvalue weighted by Crippen LogP contribution is -2.26. The number of imidazole rings is 1. The molecule has 0 aliphatic rings. The van der Waals surface area contributed by atoms with Gasteiger partial charge in [0.1, 0.15) is 5.82 Å². The maximum atomic E-state index is 12.9. The minimum Gasteiger partial charge on any atom is -0.352 e. The van der Waals surface area contributed by atoms with Crippen molar-refractivity contribution in [2.45, 2.75) is 13.3 Å². The summed E-state index contributed by atoms with van der Waals surface area (Å²) in [6, 6.07) is 17.8. The van der Waals surface area contributed by atoms with Crippen LogP contribution in [0.5, 0.6) is 0 Å². The van der Waals surface area contributed by atoms with Crippen LogP contribution < -0.4 is 5.32 Å². The molecule has 0 spiro atoms. The predicted octanol–water partition coefficient (Wildman–Crippen LogP) is 3.92. The first-order valence-electron chi connectivity index (χ1n) is 9.33. The van der Waals surface area contributed by atoms with E-state index >= 15 is 0 Å². The molecule has 0 fully saturated rings. The molecule has 1 amide bonds. The molecular formula is C23H22N4O. The van der Waals surface area contributed by atoms with Crippen LogP contribution in [0.2, 0.25) is 0 Å². The van der Waals surface area contributed by atoms with Crippen molar-refractivity contribution >= 4 is 16.8 Å². The van der Waals surface area contributed by atoms with E-state index in [9.17, 15) is 4.79 Å². The molecule has 0 saturated heterocycles. The summed E-state index contributed by atoms with van der Waals surface area (Å²) in [5.41, 5.74) is 4.44. The number of benzene rings is 2. The monoisotopic (exact) mass is 370 g/mol. The lowest BCUT2D eigenvalue weighted by Gasteiger charge is -2.11. The Balaban J connectivity index is 1.63. The number of nitrogens with one attached hydrogen (secondary N) is 1. The highest BCUT2D eigenvalue weighted by atomic mass is 16.1. The summed E-state index contributed by atoms with van der Waals surface area (Å²) in [7, 11) is 1.95. The second kappa shape index (κ2) is 7.64. The maximum absolute atomic E-state index is 12.9. The lowest BCUT2D eigenvalue weighted by atomic mass is 10.0.